The molecule has 1 fully saturated rings. The first-order valence-corrected chi connectivity index (χ1v) is 7.59. The molecular weight excluding hydrogens is 252 g/mol. The average Bonchev–Trinajstić information content (AvgIpc) is 2.77. The molecule has 7 heteroatoms. The third-order valence-corrected chi connectivity index (χ3v) is 5.20. The molecule has 0 bridgehead atoms. The first kappa shape index (κ1) is 13.5. The molecule has 1 aliphatic rings. The molecule has 1 aromatic heterocycles. The van der Waals surface area contributed by atoms with E-state index in [0.29, 0.717) is 13.1 Å². The van der Waals surface area contributed by atoms with Crippen molar-refractivity contribution in [2.24, 2.45) is 18.7 Å². The van der Waals surface area contributed by atoms with Gasteiger partial charge in [-0.25, -0.2) is 13.4 Å². The molecule has 1 saturated heterocycles. The second kappa shape index (κ2) is 4.99. The first-order chi connectivity index (χ1) is 8.41. The molecule has 1 aromatic rings. The van der Waals surface area contributed by atoms with Crippen LogP contribution in [0.4, 0.5) is 0 Å². The number of imidazole rings is 1. The molecular formula is C11H20N4O2S. The Hall–Kier alpha value is -0.920. The lowest BCUT2D eigenvalue weighted by Crippen LogP contribution is -2.45. The summed E-state index contributed by atoms with van der Waals surface area (Å²) < 4.78 is 27.9. The van der Waals surface area contributed by atoms with E-state index in [1.807, 2.05) is 6.92 Å². The maximum Gasteiger partial charge on any atom is 0.262 e. The van der Waals surface area contributed by atoms with Crippen LogP contribution < -0.4 is 5.73 Å². The van der Waals surface area contributed by atoms with Crippen molar-refractivity contribution < 1.29 is 8.42 Å². The second-order valence-corrected chi connectivity index (χ2v) is 6.89. The van der Waals surface area contributed by atoms with Crippen molar-refractivity contribution in [3.05, 3.63) is 12.5 Å². The summed E-state index contributed by atoms with van der Waals surface area (Å²) in [7, 11) is -1.70. The standard InChI is InChI=1S/C11H20N4O2S/c1-9(12)10-4-3-5-15(6-10)18(16,17)11-7-14(2)8-13-11/h7-10H,3-6,12H2,1-2H3. The number of hydrogen-bond acceptors (Lipinski definition) is 4. The Bertz CT molecular complexity index is 509. The molecule has 0 aromatic carbocycles. The highest BCUT2D eigenvalue weighted by molar-refractivity contribution is 7.89. The molecule has 0 spiro atoms. The smallest absolute Gasteiger partial charge is 0.262 e. The van der Waals surface area contributed by atoms with Gasteiger partial charge in [0.2, 0.25) is 0 Å². The van der Waals surface area contributed by atoms with E-state index in [1.54, 1.807) is 11.6 Å². The number of nitrogens with zero attached hydrogens (tertiary/aromatic N) is 3. The fourth-order valence-corrected chi connectivity index (χ4v) is 3.78. The van der Waals surface area contributed by atoms with Crippen LogP contribution in [0.25, 0.3) is 0 Å². The monoisotopic (exact) mass is 272 g/mol. The summed E-state index contributed by atoms with van der Waals surface area (Å²) in [4.78, 5) is 3.93. The number of hydrogen-bond donors (Lipinski definition) is 1. The Morgan fingerprint density at radius 1 is 1.56 bits per heavy atom. The van der Waals surface area contributed by atoms with Crippen LogP contribution in [0.15, 0.2) is 17.6 Å². The minimum atomic E-state index is -3.46. The maximum atomic E-state index is 12.4. The summed E-state index contributed by atoms with van der Waals surface area (Å²) in [5.74, 6) is 0.234. The van der Waals surface area contributed by atoms with Crippen LogP contribution >= 0.6 is 0 Å². The minimum absolute atomic E-state index is 0.0201. The van der Waals surface area contributed by atoms with Gasteiger partial charge in [-0.2, -0.15) is 4.31 Å². The van der Waals surface area contributed by atoms with Crippen molar-refractivity contribution in [3.63, 3.8) is 0 Å². The van der Waals surface area contributed by atoms with Crippen LogP contribution in [0.5, 0.6) is 0 Å². The second-order valence-electron chi connectivity index (χ2n) is 5.00. The van der Waals surface area contributed by atoms with Gasteiger partial charge in [0.25, 0.3) is 10.0 Å². The van der Waals surface area contributed by atoms with Crippen LogP contribution in [-0.2, 0) is 17.1 Å². The summed E-state index contributed by atoms with van der Waals surface area (Å²) in [6.07, 6.45) is 4.88. The molecule has 2 rings (SSSR count). The van der Waals surface area contributed by atoms with Crippen LogP contribution in [-0.4, -0.2) is 41.4 Å². The van der Waals surface area contributed by atoms with Crippen molar-refractivity contribution in [1.29, 1.82) is 0 Å². The van der Waals surface area contributed by atoms with Crippen molar-refractivity contribution >= 4 is 10.0 Å². The van der Waals surface area contributed by atoms with Gasteiger partial charge in [-0.3, -0.25) is 0 Å². The lowest BCUT2D eigenvalue weighted by molar-refractivity contribution is 0.242. The predicted molar refractivity (Wildman–Crippen MR) is 68.3 cm³/mol. The topological polar surface area (TPSA) is 81.2 Å². The van der Waals surface area contributed by atoms with Crippen LogP contribution in [0.2, 0.25) is 0 Å². The summed E-state index contributed by atoms with van der Waals surface area (Å²) in [6.45, 7) is 2.99. The normalized spacial score (nSPS) is 24.1. The van der Waals surface area contributed by atoms with E-state index in [4.69, 9.17) is 5.73 Å². The fraction of sp³-hybridized carbons (Fsp3) is 0.727. The molecule has 0 amide bonds. The van der Waals surface area contributed by atoms with Gasteiger partial charge in [0.1, 0.15) is 0 Å². The quantitative estimate of drug-likeness (QED) is 0.850. The number of sulfonamides is 1. The third-order valence-electron chi connectivity index (χ3n) is 3.45. The van der Waals surface area contributed by atoms with Gasteiger partial charge in [0.15, 0.2) is 5.03 Å². The molecule has 2 unspecified atom stereocenters. The van der Waals surface area contributed by atoms with Gasteiger partial charge < -0.3 is 10.3 Å². The highest BCUT2D eigenvalue weighted by atomic mass is 32.2. The van der Waals surface area contributed by atoms with E-state index in [9.17, 15) is 8.42 Å². The van der Waals surface area contributed by atoms with Gasteiger partial charge in [-0.05, 0) is 25.7 Å². The number of aryl methyl sites for hydroxylation is 1. The van der Waals surface area contributed by atoms with Gasteiger partial charge >= 0.3 is 0 Å². The molecule has 2 heterocycles. The maximum absolute atomic E-state index is 12.4. The lowest BCUT2D eigenvalue weighted by atomic mass is 9.93. The summed E-state index contributed by atoms with van der Waals surface area (Å²) in [5, 5.41) is 0.121. The Morgan fingerprint density at radius 2 is 2.28 bits per heavy atom. The molecule has 6 nitrogen and oxygen atoms in total. The highest BCUT2D eigenvalue weighted by Crippen LogP contribution is 2.24. The molecule has 0 radical (unpaired) electrons. The highest BCUT2D eigenvalue weighted by Gasteiger charge is 2.32. The van der Waals surface area contributed by atoms with Crippen molar-refractivity contribution in [3.8, 4) is 0 Å². The lowest BCUT2D eigenvalue weighted by Gasteiger charge is -2.33. The zero-order valence-electron chi connectivity index (χ0n) is 10.8. The van der Waals surface area contributed by atoms with Crippen molar-refractivity contribution in [1.82, 2.24) is 13.9 Å². The molecule has 2 atom stereocenters. The summed E-state index contributed by atoms with van der Waals surface area (Å²) >= 11 is 0. The first-order valence-electron chi connectivity index (χ1n) is 6.15. The van der Waals surface area contributed by atoms with Gasteiger partial charge in [-0.15, -0.1) is 0 Å². The van der Waals surface area contributed by atoms with Gasteiger partial charge in [0, 0.05) is 32.4 Å². The minimum Gasteiger partial charge on any atom is -0.339 e. The van der Waals surface area contributed by atoms with Crippen LogP contribution in [0.3, 0.4) is 0 Å². The SMILES string of the molecule is CC(N)C1CCCN(S(=O)(=O)c2cn(C)cn2)C1. The van der Waals surface area contributed by atoms with Crippen molar-refractivity contribution in [2.75, 3.05) is 13.1 Å². The number of piperidine rings is 1. The van der Waals surface area contributed by atoms with Crippen LogP contribution in [0.1, 0.15) is 19.8 Å². The Kier molecular flexibility index (Phi) is 3.74. The molecule has 2 N–H and O–H groups in total. The molecule has 0 saturated carbocycles. The zero-order chi connectivity index (χ0) is 13.3. The molecule has 18 heavy (non-hydrogen) atoms. The number of rotatable bonds is 3. The van der Waals surface area contributed by atoms with E-state index >= 15 is 0 Å². The zero-order valence-corrected chi connectivity index (χ0v) is 11.6. The number of aromatic nitrogens is 2. The Labute approximate surface area is 108 Å². The van der Waals surface area contributed by atoms with E-state index in [0.717, 1.165) is 12.8 Å². The Balaban J connectivity index is 2.20. The molecule has 0 aliphatic carbocycles. The van der Waals surface area contributed by atoms with Gasteiger partial charge in [-0.1, -0.05) is 0 Å². The summed E-state index contributed by atoms with van der Waals surface area (Å²) in [5.41, 5.74) is 5.87. The predicted octanol–water partition coefficient (Wildman–Crippen LogP) is 0.168. The van der Waals surface area contributed by atoms with Gasteiger partial charge in [0.05, 0.1) is 6.33 Å². The fourth-order valence-electron chi connectivity index (χ4n) is 2.28. The number of nitrogens with two attached hydrogens (primary N) is 1. The largest absolute Gasteiger partial charge is 0.339 e. The van der Waals surface area contributed by atoms with E-state index in [2.05, 4.69) is 4.98 Å². The van der Waals surface area contributed by atoms with Crippen molar-refractivity contribution in [2.45, 2.75) is 30.8 Å². The average molecular weight is 272 g/mol. The molecule has 102 valence electrons. The van der Waals surface area contributed by atoms with E-state index in [1.165, 1.54) is 16.8 Å². The Morgan fingerprint density at radius 3 is 2.83 bits per heavy atom. The molecule has 1 aliphatic heterocycles. The van der Waals surface area contributed by atoms with E-state index in [-0.39, 0.29) is 17.0 Å². The third kappa shape index (κ3) is 2.57. The van der Waals surface area contributed by atoms with Crippen LogP contribution in [0, 0.1) is 5.92 Å². The van der Waals surface area contributed by atoms with E-state index < -0.39 is 10.0 Å². The summed E-state index contributed by atoms with van der Waals surface area (Å²) in [6, 6.07) is 0.0201.